The summed E-state index contributed by atoms with van der Waals surface area (Å²) in [4.78, 5) is 32.6. The van der Waals surface area contributed by atoms with Gasteiger partial charge in [-0.05, 0) is 36.2 Å². The average Bonchev–Trinajstić information content (AvgIpc) is 3.11. The maximum atomic E-state index is 12.7. The summed E-state index contributed by atoms with van der Waals surface area (Å²) in [6.45, 7) is 1.95. The lowest BCUT2D eigenvalue weighted by Crippen LogP contribution is -2.44. The molecule has 3 aromatic rings. The number of rotatable bonds is 8. The first-order valence-corrected chi connectivity index (χ1v) is 9.75. The van der Waals surface area contributed by atoms with E-state index in [4.69, 9.17) is 16.3 Å². The molecule has 0 saturated carbocycles. The minimum atomic E-state index is -0.669. The van der Waals surface area contributed by atoms with Crippen LogP contribution in [0, 0.1) is 0 Å². The fourth-order valence-electron chi connectivity index (χ4n) is 2.99. The maximum Gasteiger partial charge on any atom is 0.249 e. The van der Waals surface area contributed by atoms with E-state index in [9.17, 15) is 9.59 Å². The third kappa shape index (κ3) is 5.26. The molecule has 3 rings (SSSR count). The van der Waals surface area contributed by atoms with E-state index in [0.29, 0.717) is 28.7 Å². The van der Waals surface area contributed by atoms with Crippen molar-refractivity contribution in [1.82, 2.24) is 15.3 Å². The van der Waals surface area contributed by atoms with Gasteiger partial charge in [-0.25, -0.2) is 4.98 Å². The molecule has 0 aliphatic rings. The summed E-state index contributed by atoms with van der Waals surface area (Å²) in [5, 5.41) is 5.99. The largest absolute Gasteiger partial charge is 0.497 e. The molecule has 0 aliphatic heterocycles. The Bertz CT molecular complexity index is 985. The summed E-state index contributed by atoms with van der Waals surface area (Å²) in [5.74, 6) is 0.369. The Balaban J connectivity index is 1.65. The van der Waals surface area contributed by atoms with Crippen LogP contribution in [-0.2, 0) is 16.0 Å². The molecule has 29 heavy (non-hydrogen) atoms. The highest BCUT2D eigenvalue weighted by atomic mass is 35.5. The van der Waals surface area contributed by atoms with Gasteiger partial charge in [0.1, 0.15) is 11.8 Å². The van der Waals surface area contributed by atoms with Crippen LogP contribution in [0.25, 0.3) is 11.0 Å². The summed E-state index contributed by atoms with van der Waals surface area (Å²) < 4.78 is 5.11. The lowest BCUT2D eigenvalue weighted by molar-refractivity contribution is -0.126. The lowest BCUT2D eigenvalue weighted by atomic mass is 10.1. The van der Waals surface area contributed by atoms with Crippen LogP contribution in [0.2, 0.25) is 5.02 Å². The Kier molecular flexibility index (Phi) is 6.72. The summed E-state index contributed by atoms with van der Waals surface area (Å²) in [6, 6.07) is 12.0. The molecule has 1 heterocycles. The highest BCUT2D eigenvalue weighted by molar-refractivity contribution is 6.31. The molecule has 152 valence electrons. The Hall–Kier alpha value is -3.06. The van der Waals surface area contributed by atoms with Gasteiger partial charge in [0.25, 0.3) is 0 Å². The van der Waals surface area contributed by atoms with E-state index >= 15 is 0 Å². The number of aromatic nitrogens is 2. The van der Waals surface area contributed by atoms with E-state index in [1.54, 1.807) is 25.3 Å². The van der Waals surface area contributed by atoms with E-state index in [1.165, 1.54) is 0 Å². The Labute approximate surface area is 173 Å². The molecule has 1 aromatic heterocycles. The zero-order chi connectivity index (χ0) is 20.8. The second kappa shape index (κ2) is 9.43. The van der Waals surface area contributed by atoms with Crippen LogP contribution in [0.4, 0.5) is 5.95 Å². The van der Waals surface area contributed by atoms with Crippen LogP contribution in [0.3, 0.4) is 0 Å². The molecule has 0 unspecified atom stereocenters. The van der Waals surface area contributed by atoms with Crippen molar-refractivity contribution in [2.24, 2.45) is 0 Å². The van der Waals surface area contributed by atoms with E-state index in [1.807, 2.05) is 31.2 Å². The standard InChI is InChI=1S/C21H23ClN4O3/c1-3-6-18(20(28)26-21-24-16-7-4-5-8-17(16)25-21)23-19(27)11-13-9-10-14(29-2)12-15(13)22/h4-5,7-10,12,18H,3,6,11H2,1-2H3,(H,23,27)(H2,24,25,26,28)/t18-/m1/s1. The van der Waals surface area contributed by atoms with Crippen molar-refractivity contribution in [3.63, 3.8) is 0 Å². The highest BCUT2D eigenvalue weighted by Gasteiger charge is 2.21. The zero-order valence-electron chi connectivity index (χ0n) is 16.3. The van der Waals surface area contributed by atoms with Gasteiger partial charge in [0.2, 0.25) is 17.8 Å². The topological polar surface area (TPSA) is 96.1 Å². The number of nitrogens with one attached hydrogen (secondary N) is 3. The molecular formula is C21H23ClN4O3. The van der Waals surface area contributed by atoms with Gasteiger partial charge in [-0.3, -0.25) is 14.9 Å². The normalized spacial score (nSPS) is 11.8. The number of aromatic amines is 1. The van der Waals surface area contributed by atoms with Crippen molar-refractivity contribution in [3.8, 4) is 5.75 Å². The van der Waals surface area contributed by atoms with Crippen molar-refractivity contribution in [3.05, 3.63) is 53.1 Å². The first-order chi connectivity index (χ1) is 14.0. The molecule has 3 N–H and O–H groups in total. The van der Waals surface area contributed by atoms with Crippen molar-refractivity contribution >= 4 is 40.4 Å². The maximum absolute atomic E-state index is 12.7. The first kappa shape index (κ1) is 20.7. The number of fused-ring (bicyclic) bond motifs is 1. The number of imidazole rings is 1. The van der Waals surface area contributed by atoms with Gasteiger partial charge in [0, 0.05) is 5.02 Å². The Morgan fingerprint density at radius 3 is 2.72 bits per heavy atom. The third-order valence-electron chi connectivity index (χ3n) is 4.47. The summed E-state index contributed by atoms with van der Waals surface area (Å²) in [7, 11) is 1.55. The Morgan fingerprint density at radius 2 is 2.03 bits per heavy atom. The molecular weight excluding hydrogens is 392 g/mol. The molecule has 2 amide bonds. The van der Waals surface area contributed by atoms with Crippen LogP contribution in [-0.4, -0.2) is 34.9 Å². The van der Waals surface area contributed by atoms with Crippen LogP contribution >= 0.6 is 11.6 Å². The van der Waals surface area contributed by atoms with Gasteiger partial charge >= 0.3 is 0 Å². The molecule has 7 nitrogen and oxygen atoms in total. The molecule has 2 aromatic carbocycles. The van der Waals surface area contributed by atoms with Gasteiger partial charge in [0.15, 0.2) is 0 Å². The van der Waals surface area contributed by atoms with Gasteiger partial charge < -0.3 is 15.0 Å². The number of amides is 2. The van der Waals surface area contributed by atoms with Gasteiger partial charge in [-0.1, -0.05) is 43.1 Å². The predicted octanol–water partition coefficient (Wildman–Crippen LogP) is 3.69. The Morgan fingerprint density at radius 1 is 1.24 bits per heavy atom. The van der Waals surface area contributed by atoms with E-state index in [-0.39, 0.29) is 18.2 Å². The predicted molar refractivity (Wildman–Crippen MR) is 113 cm³/mol. The molecule has 8 heteroatoms. The molecule has 0 bridgehead atoms. The zero-order valence-corrected chi connectivity index (χ0v) is 17.0. The van der Waals surface area contributed by atoms with E-state index < -0.39 is 6.04 Å². The van der Waals surface area contributed by atoms with Crippen molar-refractivity contribution in [2.75, 3.05) is 12.4 Å². The number of halogens is 1. The van der Waals surface area contributed by atoms with Crippen molar-refractivity contribution < 1.29 is 14.3 Å². The molecule has 0 radical (unpaired) electrons. The molecule has 0 spiro atoms. The summed E-state index contributed by atoms with van der Waals surface area (Å²) in [6.07, 6.45) is 1.32. The summed E-state index contributed by atoms with van der Waals surface area (Å²) >= 11 is 6.21. The SMILES string of the molecule is CCC[C@@H](NC(=O)Cc1ccc(OC)cc1Cl)C(=O)Nc1nc2ccccc2[nH]1. The number of anilines is 1. The van der Waals surface area contributed by atoms with Gasteiger partial charge in [0.05, 0.1) is 24.6 Å². The van der Waals surface area contributed by atoms with Gasteiger partial charge in [-0.15, -0.1) is 0 Å². The number of ether oxygens (including phenoxy) is 1. The molecule has 1 atom stereocenters. The second-order valence-corrected chi connectivity index (χ2v) is 7.04. The number of benzene rings is 2. The summed E-state index contributed by atoms with van der Waals surface area (Å²) in [5.41, 5.74) is 2.25. The van der Waals surface area contributed by atoms with Crippen LogP contribution in [0.5, 0.6) is 5.75 Å². The first-order valence-electron chi connectivity index (χ1n) is 9.37. The fourth-order valence-corrected chi connectivity index (χ4v) is 3.23. The second-order valence-electron chi connectivity index (χ2n) is 6.63. The van der Waals surface area contributed by atoms with E-state index in [2.05, 4.69) is 20.6 Å². The third-order valence-corrected chi connectivity index (χ3v) is 4.82. The number of hydrogen-bond donors (Lipinski definition) is 3. The molecule has 0 fully saturated rings. The fraction of sp³-hybridized carbons (Fsp3) is 0.286. The lowest BCUT2D eigenvalue weighted by Gasteiger charge is -2.17. The number of nitrogens with zero attached hydrogens (tertiary/aromatic N) is 1. The number of methoxy groups -OCH3 is 1. The highest BCUT2D eigenvalue weighted by Crippen LogP contribution is 2.23. The number of carbonyl (C=O) groups excluding carboxylic acids is 2. The monoisotopic (exact) mass is 414 g/mol. The van der Waals surface area contributed by atoms with Crippen molar-refractivity contribution in [1.29, 1.82) is 0 Å². The minimum Gasteiger partial charge on any atom is -0.497 e. The molecule has 0 saturated heterocycles. The average molecular weight is 415 g/mol. The molecule has 0 aliphatic carbocycles. The number of para-hydroxylation sites is 2. The van der Waals surface area contributed by atoms with Crippen LogP contribution < -0.4 is 15.4 Å². The van der Waals surface area contributed by atoms with Crippen molar-refractivity contribution in [2.45, 2.75) is 32.2 Å². The quantitative estimate of drug-likeness (QED) is 0.523. The van der Waals surface area contributed by atoms with E-state index in [0.717, 1.165) is 17.5 Å². The van der Waals surface area contributed by atoms with Crippen LogP contribution in [0.15, 0.2) is 42.5 Å². The number of hydrogen-bond acceptors (Lipinski definition) is 4. The van der Waals surface area contributed by atoms with Gasteiger partial charge in [-0.2, -0.15) is 0 Å². The smallest absolute Gasteiger partial charge is 0.249 e. The number of carbonyl (C=O) groups is 2. The number of H-pyrrole nitrogens is 1. The van der Waals surface area contributed by atoms with Crippen LogP contribution in [0.1, 0.15) is 25.3 Å². The minimum absolute atomic E-state index is 0.0704.